The van der Waals surface area contributed by atoms with Gasteiger partial charge in [0.2, 0.25) is 0 Å². The first-order chi connectivity index (χ1) is 21.5. The van der Waals surface area contributed by atoms with Crippen LogP contribution in [0.3, 0.4) is 0 Å². The normalized spacial score (nSPS) is 11.7. The Kier molecular flexibility index (Phi) is 6.44. The van der Waals surface area contributed by atoms with E-state index < -0.39 is 0 Å². The Morgan fingerprint density at radius 3 is 1.16 bits per heavy atom. The van der Waals surface area contributed by atoms with Gasteiger partial charge >= 0.3 is 0 Å². The van der Waals surface area contributed by atoms with Crippen LogP contribution in [-0.2, 0) is 0 Å². The van der Waals surface area contributed by atoms with Crippen molar-refractivity contribution < 1.29 is 0 Å². The van der Waals surface area contributed by atoms with Gasteiger partial charge in [0.05, 0.1) is 43.7 Å². The van der Waals surface area contributed by atoms with Gasteiger partial charge in [-0.25, -0.2) is 34.9 Å². The molecule has 0 fully saturated rings. The van der Waals surface area contributed by atoms with Crippen LogP contribution in [0.4, 0.5) is 0 Å². The number of hydrogen-bond donors (Lipinski definition) is 0. The topological polar surface area (TPSA) is 231 Å². The summed E-state index contributed by atoms with van der Waals surface area (Å²) in [7, 11) is 0. The van der Waals surface area contributed by atoms with Crippen molar-refractivity contribution in [1.29, 1.82) is 31.6 Å². The zero-order chi connectivity index (χ0) is 30.8. The summed E-state index contributed by atoms with van der Waals surface area (Å²) in [4.78, 5) is 30.9. The molecule has 0 saturated carbocycles. The predicted octanol–water partition coefficient (Wildman–Crippen LogP) is 1.32. The van der Waals surface area contributed by atoms with Crippen LogP contribution >= 0.6 is 0 Å². The first-order valence-electron chi connectivity index (χ1n) is 12.4. The Bertz CT molecular complexity index is 2290. The lowest BCUT2D eigenvalue weighted by atomic mass is 10.1. The van der Waals surface area contributed by atoms with Crippen LogP contribution in [0.25, 0.3) is 22.5 Å². The monoisotopic (exact) mass is 563 g/mol. The first-order valence-corrected chi connectivity index (χ1v) is 12.4. The van der Waals surface area contributed by atoms with Crippen LogP contribution in [0.15, 0.2) is 86.2 Å². The minimum absolute atomic E-state index is 0.0560. The summed E-state index contributed by atoms with van der Waals surface area (Å²) in [6.07, 6.45) is 0. The van der Waals surface area contributed by atoms with E-state index in [1.807, 2.05) is 36.4 Å². The third kappa shape index (κ3) is 4.46. The molecule has 3 heterocycles. The van der Waals surface area contributed by atoms with Gasteiger partial charge in [-0.2, -0.15) is 31.6 Å². The molecule has 198 valence electrons. The molecule has 0 amide bonds. The fraction of sp³-hybridized carbons (Fsp3) is 0. The minimum atomic E-state index is -0.151. The Morgan fingerprint density at radius 1 is 0.477 bits per heavy atom. The van der Waals surface area contributed by atoms with Crippen LogP contribution in [0.2, 0.25) is 0 Å². The maximum absolute atomic E-state index is 10.2. The Hall–Kier alpha value is -7.71. The number of hydrogen-bond acceptors (Lipinski definition) is 13. The second-order valence-corrected chi connectivity index (χ2v) is 8.96. The van der Waals surface area contributed by atoms with Crippen LogP contribution in [0.5, 0.6) is 0 Å². The molecule has 44 heavy (non-hydrogen) atoms. The van der Waals surface area contributed by atoms with Crippen molar-refractivity contribution in [3.63, 3.8) is 0 Å². The van der Waals surface area contributed by atoms with Gasteiger partial charge in [0.1, 0.15) is 47.6 Å². The van der Waals surface area contributed by atoms with Crippen molar-refractivity contribution in [3.05, 3.63) is 122 Å². The third-order valence-electron chi connectivity index (χ3n) is 6.40. The number of benzene rings is 3. The van der Waals surface area contributed by atoms with Gasteiger partial charge in [0, 0.05) is 5.56 Å². The predicted molar refractivity (Wildman–Crippen MR) is 147 cm³/mol. The van der Waals surface area contributed by atoms with Gasteiger partial charge in [-0.05, 0) is 24.3 Å². The van der Waals surface area contributed by atoms with Crippen molar-refractivity contribution >= 4 is 11.1 Å². The highest BCUT2D eigenvalue weighted by atomic mass is 15.1. The summed E-state index contributed by atoms with van der Waals surface area (Å²) >= 11 is 0. The number of aromatic nitrogens is 3. The van der Waals surface area contributed by atoms with Crippen molar-refractivity contribution in [1.82, 2.24) is 15.0 Å². The summed E-state index contributed by atoms with van der Waals surface area (Å²) in [5.41, 5.74) is 0.694. The largest absolute Gasteiger partial charge is 0.226 e. The summed E-state index contributed by atoms with van der Waals surface area (Å²) in [5, 5.41) is 59.1. The molecule has 0 atom stereocenters. The quantitative estimate of drug-likeness (QED) is 0.326. The van der Waals surface area contributed by atoms with Crippen molar-refractivity contribution in [2.24, 2.45) is 20.0 Å². The number of fused-ring (bicyclic) bond motifs is 2. The zero-order valence-corrected chi connectivity index (χ0v) is 22.0. The molecular weight excluding hydrogens is 554 g/mol. The minimum Gasteiger partial charge on any atom is -0.226 e. The van der Waals surface area contributed by atoms with Gasteiger partial charge < -0.3 is 0 Å². The van der Waals surface area contributed by atoms with Crippen molar-refractivity contribution in [2.45, 2.75) is 0 Å². The fourth-order valence-corrected chi connectivity index (χ4v) is 4.33. The number of nitriles is 6. The smallest absolute Gasteiger partial charge is 0.178 e. The van der Waals surface area contributed by atoms with Crippen LogP contribution in [0, 0.1) is 68.0 Å². The lowest BCUT2D eigenvalue weighted by Gasteiger charge is -2.07. The molecule has 2 aliphatic heterocycles. The summed E-state index contributed by atoms with van der Waals surface area (Å²) < 4.78 is 0. The summed E-state index contributed by atoms with van der Waals surface area (Å²) in [6, 6.07) is 26.2. The van der Waals surface area contributed by atoms with E-state index in [0.29, 0.717) is 5.56 Å². The molecule has 6 rings (SSSR count). The molecule has 0 bridgehead atoms. The van der Waals surface area contributed by atoms with E-state index >= 15 is 0 Å². The lowest BCUT2D eigenvalue weighted by molar-refractivity contribution is 0.992. The van der Waals surface area contributed by atoms with E-state index in [1.165, 1.54) is 24.3 Å². The Balaban J connectivity index is 1.60. The average molecular weight is 564 g/mol. The molecule has 0 unspecified atom stereocenters. The average Bonchev–Trinajstić information content (AvgIpc) is 3.67. The van der Waals surface area contributed by atoms with Gasteiger partial charge in [0.25, 0.3) is 0 Å². The molecule has 0 N–H and O–H groups in total. The van der Waals surface area contributed by atoms with Gasteiger partial charge in [0.15, 0.2) is 29.1 Å². The fourth-order valence-electron chi connectivity index (χ4n) is 4.33. The molecule has 2 aliphatic rings. The van der Waals surface area contributed by atoms with E-state index in [0.717, 1.165) is 0 Å². The standard InChI is InChI=1S/C31H9N13/c32-10-17-6-23-24(7-18(17)11-33)39-28(38-23)21(14-36)30-42-27(16-4-2-1-3-5-16)43-31(44-30)22(15-37)29-40-25-8-19(12-34)20(13-35)9-26(25)41-29/h1-9H. The summed E-state index contributed by atoms with van der Waals surface area (Å²) in [5.74, 6) is -0.264. The molecular formula is C31H9N13. The molecule has 0 aliphatic carbocycles. The van der Waals surface area contributed by atoms with Crippen LogP contribution in [-0.4, -0.2) is 15.0 Å². The highest BCUT2D eigenvalue weighted by Crippen LogP contribution is 2.25. The summed E-state index contributed by atoms with van der Waals surface area (Å²) in [6.45, 7) is 0. The molecule has 3 aromatic carbocycles. The van der Waals surface area contributed by atoms with Gasteiger partial charge in [-0.1, -0.05) is 30.3 Å². The number of nitrogens with zero attached hydrogens (tertiary/aromatic N) is 13. The SMILES string of the molecule is N#CC(=C1N=c2cc(C#N)c(C#N)cc2=N1)c1nc(C(C#N)=C2N=c3cc(C#N)c(C#N)cc3=N2)nc(-c2ccccc2)n1. The second-order valence-electron chi connectivity index (χ2n) is 8.96. The third-order valence-corrected chi connectivity index (χ3v) is 6.40. The van der Waals surface area contributed by atoms with Crippen LogP contribution < -0.4 is 21.4 Å². The maximum atomic E-state index is 10.2. The van der Waals surface area contributed by atoms with Gasteiger partial charge in [-0.3, -0.25) is 0 Å². The van der Waals surface area contributed by atoms with Crippen molar-refractivity contribution in [3.8, 4) is 47.8 Å². The number of rotatable bonds is 3. The highest BCUT2D eigenvalue weighted by molar-refractivity contribution is 5.80. The second kappa shape index (κ2) is 10.7. The zero-order valence-electron chi connectivity index (χ0n) is 22.0. The first kappa shape index (κ1) is 26.5. The molecule has 1 aromatic heterocycles. The molecule has 13 nitrogen and oxygen atoms in total. The number of allylic oxidation sites excluding steroid dienone is 2. The maximum Gasteiger partial charge on any atom is 0.178 e. The molecule has 0 spiro atoms. The van der Waals surface area contributed by atoms with E-state index in [2.05, 4.69) is 34.9 Å². The highest BCUT2D eigenvalue weighted by Gasteiger charge is 2.22. The van der Waals surface area contributed by atoms with Crippen molar-refractivity contribution in [2.75, 3.05) is 0 Å². The van der Waals surface area contributed by atoms with E-state index in [9.17, 15) is 31.6 Å². The molecule has 13 heteroatoms. The van der Waals surface area contributed by atoms with Crippen LogP contribution in [0.1, 0.15) is 33.9 Å². The van der Waals surface area contributed by atoms with Gasteiger partial charge in [-0.15, -0.1) is 0 Å². The Morgan fingerprint density at radius 2 is 0.841 bits per heavy atom. The molecule has 4 aromatic rings. The lowest BCUT2D eigenvalue weighted by Crippen LogP contribution is -2.22. The van der Waals surface area contributed by atoms with E-state index in [4.69, 9.17) is 0 Å². The van der Waals surface area contributed by atoms with E-state index in [-0.39, 0.29) is 83.9 Å². The molecule has 0 radical (unpaired) electrons. The van der Waals surface area contributed by atoms with E-state index in [1.54, 1.807) is 30.3 Å². The molecule has 0 saturated heterocycles. The Labute approximate surface area is 246 Å².